The van der Waals surface area contributed by atoms with Gasteiger partial charge in [0.25, 0.3) is 0 Å². The van der Waals surface area contributed by atoms with E-state index in [9.17, 15) is 4.79 Å². The van der Waals surface area contributed by atoms with E-state index >= 15 is 0 Å². The molecular weight excluding hydrogens is 478 g/mol. The maximum Gasteiger partial charge on any atom is 0.339 e. The first kappa shape index (κ1) is 22.6. The lowest BCUT2D eigenvalue weighted by Gasteiger charge is -2.12. The van der Waals surface area contributed by atoms with Gasteiger partial charge in [-0.25, -0.2) is 10.2 Å². The Bertz CT molecular complexity index is 1330. The fourth-order valence-electron chi connectivity index (χ4n) is 3.53. The molecule has 0 saturated heterocycles. The molecule has 4 rings (SSSR count). The summed E-state index contributed by atoms with van der Waals surface area (Å²) in [7, 11) is 0. The second-order valence-corrected chi connectivity index (χ2v) is 8.62. The minimum absolute atomic E-state index is 0.421. The number of ether oxygens (including phenoxy) is 1. The lowest BCUT2D eigenvalue weighted by molar-refractivity contribution is 0.252. The van der Waals surface area contributed by atoms with E-state index in [0.29, 0.717) is 18.0 Å². The third-order valence-electron chi connectivity index (χ3n) is 5.18. The van der Waals surface area contributed by atoms with Gasteiger partial charge in [-0.1, -0.05) is 76.1 Å². The van der Waals surface area contributed by atoms with Crippen LogP contribution >= 0.6 is 15.9 Å². The van der Waals surface area contributed by atoms with Crippen LogP contribution in [0.5, 0.6) is 5.75 Å². The lowest BCUT2D eigenvalue weighted by atomic mass is 10.0. The number of fused-ring (bicyclic) bond motifs is 1. The van der Waals surface area contributed by atoms with Gasteiger partial charge in [0.05, 0.1) is 6.21 Å². The molecule has 2 amide bonds. The van der Waals surface area contributed by atoms with Crippen molar-refractivity contribution in [2.45, 2.75) is 20.5 Å². The molecule has 0 aromatic heterocycles. The number of anilines is 1. The second kappa shape index (κ2) is 10.3. The zero-order valence-electron chi connectivity index (χ0n) is 18.4. The number of carbonyl (C=O) groups is 1. The molecule has 33 heavy (non-hydrogen) atoms. The largest absolute Gasteiger partial charge is 0.488 e. The Morgan fingerprint density at radius 1 is 1.00 bits per heavy atom. The van der Waals surface area contributed by atoms with Crippen LogP contribution in [-0.4, -0.2) is 12.2 Å². The molecule has 0 unspecified atom stereocenters. The number of amides is 2. The molecule has 6 heteroatoms. The summed E-state index contributed by atoms with van der Waals surface area (Å²) in [4.78, 5) is 12.3. The van der Waals surface area contributed by atoms with Crippen LogP contribution in [0.2, 0.25) is 0 Å². The quantitative estimate of drug-likeness (QED) is 0.221. The fourth-order valence-corrected chi connectivity index (χ4v) is 3.78. The van der Waals surface area contributed by atoms with Crippen molar-refractivity contribution >= 4 is 44.6 Å². The van der Waals surface area contributed by atoms with Gasteiger partial charge in [-0.05, 0) is 60.0 Å². The highest BCUT2D eigenvalue weighted by Crippen LogP contribution is 2.27. The number of hydrogen-bond donors (Lipinski definition) is 2. The molecule has 5 nitrogen and oxygen atoms in total. The van der Waals surface area contributed by atoms with Crippen molar-refractivity contribution in [2.24, 2.45) is 5.10 Å². The highest BCUT2D eigenvalue weighted by atomic mass is 79.9. The van der Waals surface area contributed by atoms with Gasteiger partial charge < -0.3 is 10.1 Å². The zero-order chi connectivity index (χ0) is 23.2. The molecule has 4 aromatic rings. The molecule has 0 heterocycles. The summed E-state index contributed by atoms with van der Waals surface area (Å²) in [6.45, 7) is 4.46. The van der Waals surface area contributed by atoms with Gasteiger partial charge >= 0.3 is 6.03 Å². The Labute approximate surface area is 201 Å². The van der Waals surface area contributed by atoms with Crippen LogP contribution in [0.3, 0.4) is 0 Å². The molecule has 0 aliphatic heterocycles. The standard InChI is InChI=1S/C27H24BrN3O2/c1-18-6-5-7-20(14-18)17-33-26-13-10-21-8-3-4-9-23(21)24(26)16-29-31-27(32)30-22-11-12-25(28)19(2)15-22/h3-16H,17H2,1-2H3,(H2,30,31,32)/b29-16+. The topological polar surface area (TPSA) is 62.7 Å². The molecule has 0 saturated carbocycles. The van der Waals surface area contributed by atoms with Crippen LogP contribution in [0.15, 0.2) is 88.4 Å². The summed E-state index contributed by atoms with van der Waals surface area (Å²) in [6, 6.07) is 25.4. The third kappa shape index (κ3) is 5.79. The van der Waals surface area contributed by atoms with Crippen molar-refractivity contribution in [3.63, 3.8) is 0 Å². The molecule has 0 aliphatic rings. The molecule has 0 atom stereocenters. The van der Waals surface area contributed by atoms with E-state index in [1.165, 1.54) is 5.56 Å². The number of nitrogens with zero attached hydrogens (tertiary/aromatic N) is 1. The van der Waals surface area contributed by atoms with Gasteiger partial charge in [-0.2, -0.15) is 5.10 Å². The Balaban J connectivity index is 1.52. The minimum atomic E-state index is -0.421. The highest BCUT2D eigenvalue weighted by molar-refractivity contribution is 9.10. The van der Waals surface area contributed by atoms with Gasteiger partial charge in [0, 0.05) is 15.7 Å². The summed E-state index contributed by atoms with van der Waals surface area (Å²) in [6.07, 6.45) is 1.63. The molecule has 4 aromatic carbocycles. The summed E-state index contributed by atoms with van der Waals surface area (Å²) >= 11 is 3.46. The van der Waals surface area contributed by atoms with Crippen LogP contribution in [0.1, 0.15) is 22.3 Å². The number of urea groups is 1. The summed E-state index contributed by atoms with van der Waals surface area (Å²) in [5.41, 5.74) is 7.34. The van der Waals surface area contributed by atoms with Crippen LogP contribution in [0.25, 0.3) is 10.8 Å². The maximum absolute atomic E-state index is 12.3. The molecule has 0 fully saturated rings. The van der Waals surface area contributed by atoms with E-state index in [-0.39, 0.29) is 0 Å². The average Bonchev–Trinajstić information content (AvgIpc) is 2.81. The minimum Gasteiger partial charge on any atom is -0.488 e. The van der Waals surface area contributed by atoms with E-state index in [0.717, 1.165) is 31.9 Å². The van der Waals surface area contributed by atoms with Crippen molar-refractivity contribution in [3.8, 4) is 5.75 Å². The number of aryl methyl sites for hydroxylation is 2. The average molecular weight is 502 g/mol. The first-order valence-electron chi connectivity index (χ1n) is 10.6. The molecule has 0 radical (unpaired) electrons. The van der Waals surface area contributed by atoms with Crippen LogP contribution < -0.4 is 15.5 Å². The molecule has 0 spiro atoms. The van der Waals surface area contributed by atoms with Gasteiger partial charge in [0.2, 0.25) is 0 Å². The van der Waals surface area contributed by atoms with Crippen molar-refractivity contribution in [2.75, 3.05) is 5.32 Å². The van der Waals surface area contributed by atoms with E-state index in [1.807, 2.05) is 73.7 Å². The highest BCUT2D eigenvalue weighted by Gasteiger charge is 2.09. The Kier molecular flexibility index (Phi) is 7.05. The predicted molar refractivity (Wildman–Crippen MR) is 138 cm³/mol. The van der Waals surface area contributed by atoms with Crippen LogP contribution in [-0.2, 0) is 6.61 Å². The third-order valence-corrected chi connectivity index (χ3v) is 6.07. The molecule has 0 aliphatic carbocycles. The van der Waals surface area contributed by atoms with E-state index in [2.05, 4.69) is 50.8 Å². The summed E-state index contributed by atoms with van der Waals surface area (Å²) in [5, 5.41) is 9.03. The van der Waals surface area contributed by atoms with Gasteiger partial charge in [0.1, 0.15) is 12.4 Å². The lowest BCUT2D eigenvalue weighted by Crippen LogP contribution is -2.24. The zero-order valence-corrected chi connectivity index (χ0v) is 20.0. The van der Waals surface area contributed by atoms with Gasteiger partial charge in [-0.3, -0.25) is 0 Å². The van der Waals surface area contributed by atoms with Crippen LogP contribution in [0.4, 0.5) is 10.5 Å². The number of nitrogens with one attached hydrogen (secondary N) is 2. The van der Waals surface area contributed by atoms with E-state index < -0.39 is 6.03 Å². The number of hydrazone groups is 1. The smallest absolute Gasteiger partial charge is 0.339 e. The normalized spacial score (nSPS) is 11.0. The van der Waals surface area contributed by atoms with Gasteiger partial charge in [0.15, 0.2) is 0 Å². The van der Waals surface area contributed by atoms with Crippen molar-refractivity contribution in [1.29, 1.82) is 0 Å². The summed E-state index contributed by atoms with van der Waals surface area (Å²) in [5.74, 6) is 0.699. The number of hydrogen-bond acceptors (Lipinski definition) is 3. The second-order valence-electron chi connectivity index (χ2n) is 7.76. The SMILES string of the molecule is Cc1cccc(COc2ccc3ccccc3c2/C=N/NC(=O)Nc2ccc(Br)c(C)c2)c1. The molecule has 0 bridgehead atoms. The van der Waals surface area contributed by atoms with E-state index in [4.69, 9.17) is 4.74 Å². The first-order valence-corrected chi connectivity index (χ1v) is 11.4. The number of rotatable bonds is 6. The number of benzene rings is 4. The molecule has 166 valence electrons. The number of carbonyl (C=O) groups excluding carboxylic acids is 1. The Morgan fingerprint density at radius 3 is 2.67 bits per heavy atom. The predicted octanol–water partition coefficient (Wildman–Crippen LogP) is 6.95. The first-order chi connectivity index (χ1) is 16.0. The Hall–Kier alpha value is -3.64. The van der Waals surface area contributed by atoms with E-state index in [1.54, 1.807) is 6.21 Å². The van der Waals surface area contributed by atoms with Gasteiger partial charge in [-0.15, -0.1) is 0 Å². The molecule has 2 N–H and O–H groups in total. The number of halogens is 1. The van der Waals surface area contributed by atoms with Crippen LogP contribution in [0, 0.1) is 13.8 Å². The maximum atomic E-state index is 12.3. The Morgan fingerprint density at radius 2 is 1.85 bits per heavy atom. The van der Waals surface area contributed by atoms with Crippen molar-refractivity contribution < 1.29 is 9.53 Å². The monoisotopic (exact) mass is 501 g/mol. The fraction of sp³-hybridized carbons (Fsp3) is 0.111. The van der Waals surface area contributed by atoms with Crippen molar-refractivity contribution in [3.05, 3.63) is 106 Å². The van der Waals surface area contributed by atoms with Crippen molar-refractivity contribution in [1.82, 2.24) is 5.43 Å². The summed E-state index contributed by atoms with van der Waals surface area (Å²) < 4.78 is 7.13. The molecular formula is C27H24BrN3O2.